The van der Waals surface area contributed by atoms with Crippen molar-refractivity contribution in [1.82, 2.24) is 15.5 Å². The van der Waals surface area contributed by atoms with Crippen LogP contribution in [0.1, 0.15) is 44.2 Å². The molecule has 1 saturated heterocycles. The SMILES string of the molecule is COc1cccc(F)c1[C@@H](C)NC(=O)N1CCC[C@@H]1C(=O)NC1CC1. The first-order chi connectivity index (χ1) is 12.0. The van der Waals surface area contributed by atoms with Crippen LogP contribution in [0.3, 0.4) is 0 Å². The summed E-state index contributed by atoms with van der Waals surface area (Å²) in [5.41, 5.74) is 0.302. The van der Waals surface area contributed by atoms with Crippen molar-refractivity contribution in [1.29, 1.82) is 0 Å². The van der Waals surface area contributed by atoms with E-state index in [9.17, 15) is 14.0 Å². The minimum atomic E-state index is -0.573. The molecular formula is C18H24FN3O3. The zero-order valence-corrected chi connectivity index (χ0v) is 14.5. The van der Waals surface area contributed by atoms with Crippen LogP contribution in [0.25, 0.3) is 0 Å². The molecule has 1 aromatic carbocycles. The van der Waals surface area contributed by atoms with Crippen LogP contribution in [-0.4, -0.2) is 42.6 Å². The second kappa shape index (κ2) is 7.29. The number of likely N-dealkylation sites (tertiary alicyclic amines) is 1. The molecule has 0 radical (unpaired) electrons. The lowest BCUT2D eigenvalue weighted by Gasteiger charge is -2.27. The highest BCUT2D eigenvalue weighted by Crippen LogP contribution is 2.28. The van der Waals surface area contributed by atoms with Crippen LogP contribution in [0.15, 0.2) is 18.2 Å². The van der Waals surface area contributed by atoms with Gasteiger partial charge >= 0.3 is 6.03 Å². The van der Waals surface area contributed by atoms with E-state index >= 15 is 0 Å². The summed E-state index contributed by atoms with van der Waals surface area (Å²) in [5, 5.41) is 5.75. The Morgan fingerprint density at radius 1 is 1.32 bits per heavy atom. The molecule has 0 aromatic heterocycles. The van der Waals surface area contributed by atoms with Crippen molar-refractivity contribution >= 4 is 11.9 Å². The van der Waals surface area contributed by atoms with Crippen LogP contribution in [0.4, 0.5) is 9.18 Å². The van der Waals surface area contributed by atoms with E-state index in [2.05, 4.69) is 10.6 Å². The second-order valence-electron chi connectivity index (χ2n) is 6.66. The molecule has 2 fully saturated rings. The van der Waals surface area contributed by atoms with Crippen molar-refractivity contribution in [2.45, 2.75) is 50.7 Å². The van der Waals surface area contributed by atoms with Crippen LogP contribution in [0.2, 0.25) is 0 Å². The Morgan fingerprint density at radius 2 is 2.08 bits per heavy atom. The summed E-state index contributed by atoms with van der Waals surface area (Å²) in [6.45, 7) is 2.23. The number of amides is 3. The van der Waals surface area contributed by atoms with Crippen LogP contribution < -0.4 is 15.4 Å². The number of halogens is 1. The fourth-order valence-corrected chi connectivity index (χ4v) is 3.26. The summed E-state index contributed by atoms with van der Waals surface area (Å²) in [6.07, 6.45) is 3.46. The summed E-state index contributed by atoms with van der Waals surface area (Å²) >= 11 is 0. The molecule has 3 amide bonds. The fourth-order valence-electron chi connectivity index (χ4n) is 3.26. The maximum absolute atomic E-state index is 14.2. The van der Waals surface area contributed by atoms with Gasteiger partial charge in [0, 0.05) is 12.6 Å². The van der Waals surface area contributed by atoms with Gasteiger partial charge in [0.2, 0.25) is 5.91 Å². The van der Waals surface area contributed by atoms with Gasteiger partial charge in [-0.2, -0.15) is 0 Å². The Labute approximate surface area is 146 Å². The van der Waals surface area contributed by atoms with Gasteiger partial charge in [-0.25, -0.2) is 9.18 Å². The number of benzene rings is 1. The Balaban J connectivity index is 1.67. The molecule has 6 nitrogen and oxygen atoms in total. The summed E-state index contributed by atoms with van der Waals surface area (Å²) in [7, 11) is 1.46. The number of methoxy groups -OCH3 is 1. The zero-order valence-electron chi connectivity index (χ0n) is 14.5. The van der Waals surface area contributed by atoms with E-state index in [4.69, 9.17) is 4.74 Å². The summed E-state index contributed by atoms with van der Waals surface area (Å²) < 4.78 is 19.4. The van der Waals surface area contributed by atoms with E-state index in [-0.39, 0.29) is 18.0 Å². The Hall–Kier alpha value is -2.31. The standard InChI is InChI=1S/C18H24FN3O3/c1-11(16-13(19)5-3-7-15(16)25-2)20-18(24)22-10-4-6-14(22)17(23)21-12-8-9-12/h3,5,7,11-12,14H,4,6,8-10H2,1-2H3,(H,20,24)(H,21,23)/t11-,14-/m1/s1. The molecule has 1 aliphatic heterocycles. The fraction of sp³-hybridized carbons (Fsp3) is 0.556. The molecule has 7 heteroatoms. The van der Waals surface area contributed by atoms with Gasteiger partial charge in [-0.15, -0.1) is 0 Å². The second-order valence-corrected chi connectivity index (χ2v) is 6.66. The lowest BCUT2D eigenvalue weighted by molar-refractivity contribution is -0.124. The number of ether oxygens (including phenoxy) is 1. The molecule has 0 bridgehead atoms. The van der Waals surface area contributed by atoms with Crippen LogP contribution in [-0.2, 0) is 4.79 Å². The van der Waals surface area contributed by atoms with Gasteiger partial charge in [0.15, 0.2) is 0 Å². The average molecular weight is 349 g/mol. The van der Waals surface area contributed by atoms with Gasteiger partial charge < -0.3 is 20.3 Å². The van der Waals surface area contributed by atoms with Crippen molar-refractivity contribution in [2.24, 2.45) is 0 Å². The van der Waals surface area contributed by atoms with Crippen molar-refractivity contribution in [3.05, 3.63) is 29.6 Å². The van der Waals surface area contributed by atoms with Gasteiger partial charge in [-0.3, -0.25) is 4.79 Å². The van der Waals surface area contributed by atoms with Gasteiger partial charge in [0.1, 0.15) is 17.6 Å². The quantitative estimate of drug-likeness (QED) is 0.857. The third kappa shape index (κ3) is 3.86. The number of carbonyl (C=O) groups is 2. The summed E-state index contributed by atoms with van der Waals surface area (Å²) in [6, 6.07) is 3.44. The highest BCUT2D eigenvalue weighted by atomic mass is 19.1. The molecule has 1 aliphatic carbocycles. The largest absolute Gasteiger partial charge is 0.496 e. The first-order valence-corrected chi connectivity index (χ1v) is 8.71. The van der Waals surface area contributed by atoms with E-state index in [0.29, 0.717) is 24.3 Å². The maximum Gasteiger partial charge on any atom is 0.318 e. The number of urea groups is 1. The van der Waals surface area contributed by atoms with Crippen molar-refractivity contribution < 1.29 is 18.7 Å². The Bertz CT molecular complexity index is 663. The summed E-state index contributed by atoms with van der Waals surface area (Å²) in [5.74, 6) is -0.139. The highest BCUT2D eigenvalue weighted by Gasteiger charge is 2.37. The third-order valence-electron chi connectivity index (χ3n) is 4.75. The minimum Gasteiger partial charge on any atom is -0.496 e. The number of hydrogen-bond donors (Lipinski definition) is 2. The Morgan fingerprint density at radius 3 is 2.76 bits per heavy atom. The van der Waals surface area contributed by atoms with Gasteiger partial charge in [0.25, 0.3) is 0 Å². The highest BCUT2D eigenvalue weighted by molar-refractivity contribution is 5.88. The maximum atomic E-state index is 14.2. The van der Waals surface area contributed by atoms with Gasteiger partial charge in [-0.05, 0) is 44.7 Å². The zero-order chi connectivity index (χ0) is 18.0. The molecule has 1 aromatic rings. The molecule has 0 unspecified atom stereocenters. The van der Waals surface area contributed by atoms with Crippen LogP contribution in [0.5, 0.6) is 5.75 Å². The number of nitrogens with zero attached hydrogens (tertiary/aromatic N) is 1. The van der Waals surface area contributed by atoms with E-state index in [1.54, 1.807) is 24.0 Å². The van der Waals surface area contributed by atoms with Gasteiger partial charge in [0.05, 0.1) is 18.7 Å². The molecule has 3 rings (SSSR count). The first kappa shape index (κ1) is 17.5. The molecule has 1 saturated carbocycles. The topological polar surface area (TPSA) is 70.7 Å². The molecule has 2 N–H and O–H groups in total. The smallest absolute Gasteiger partial charge is 0.318 e. The summed E-state index contributed by atoms with van der Waals surface area (Å²) in [4.78, 5) is 26.5. The predicted molar refractivity (Wildman–Crippen MR) is 90.8 cm³/mol. The van der Waals surface area contributed by atoms with Crippen molar-refractivity contribution in [3.8, 4) is 5.75 Å². The van der Waals surface area contributed by atoms with E-state index in [1.165, 1.54) is 13.2 Å². The number of carbonyl (C=O) groups excluding carboxylic acids is 2. The minimum absolute atomic E-state index is 0.0914. The molecule has 1 heterocycles. The molecule has 2 aliphatic rings. The molecule has 25 heavy (non-hydrogen) atoms. The third-order valence-corrected chi connectivity index (χ3v) is 4.75. The first-order valence-electron chi connectivity index (χ1n) is 8.71. The van der Waals surface area contributed by atoms with E-state index in [1.807, 2.05) is 0 Å². The normalized spacial score (nSPS) is 20.9. The lowest BCUT2D eigenvalue weighted by atomic mass is 10.1. The number of rotatable bonds is 5. The van der Waals surface area contributed by atoms with Gasteiger partial charge in [-0.1, -0.05) is 6.07 Å². The van der Waals surface area contributed by atoms with E-state index < -0.39 is 17.9 Å². The van der Waals surface area contributed by atoms with Crippen molar-refractivity contribution in [3.63, 3.8) is 0 Å². The predicted octanol–water partition coefficient (Wildman–Crippen LogP) is 2.35. The van der Waals surface area contributed by atoms with E-state index in [0.717, 1.165) is 19.3 Å². The van der Waals surface area contributed by atoms with Crippen LogP contribution >= 0.6 is 0 Å². The molecular weight excluding hydrogens is 325 g/mol. The average Bonchev–Trinajstić information content (AvgIpc) is 3.25. The molecule has 136 valence electrons. The van der Waals surface area contributed by atoms with Crippen molar-refractivity contribution in [2.75, 3.05) is 13.7 Å². The molecule has 0 spiro atoms. The lowest BCUT2D eigenvalue weighted by Crippen LogP contribution is -2.50. The molecule has 2 atom stereocenters. The number of nitrogens with one attached hydrogen (secondary N) is 2. The number of hydrogen-bond acceptors (Lipinski definition) is 3. The van der Waals surface area contributed by atoms with Crippen LogP contribution in [0, 0.1) is 5.82 Å². The Kier molecular flexibility index (Phi) is 5.11. The monoisotopic (exact) mass is 349 g/mol.